The molecule has 1 aliphatic rings. The number of aryl methyl sites for hydroxylation is 1. The number of rotatable bonds is 7. The van der Waals surface area contributed by atoms with Gasteiger partial charge < -0.3 is 14.3 Å². The van der Waals surface area contributed by atoms with Gasteiger partial charge in [0.25, 0.3) is 5.91 Å². The molecule has 0 aliphatic heterocycles. The van der Waals surface area contributed by atoms with E-state index in [1.807, 2.05) is 6.07 Å². The molecule has 26 heavy (non-hydrogen) atoms. The summed E-state index contributed by atoms with van der Waals surface area (Å²) in [6.45, 7) is 2.26. The average Bonchev–Trinajstić information content (AvgIpc) is 3.20. The molecule has 1 fully saturated rings. The normalized spacial score (nSPS) is 13.7. The van der Waals surface area contributed by atoms with Crippen LogP contribution in [0.3, 0.4) is 0 Å². The Hall–Kier alpha value is -2.54. The standard InChI is InChI=1S/C19H19N3O3S/c1-12-2-7-15(8-3-12)26-11-14-6-9-16(24-14)19(23)20-10-17-21-18(22-25-17)13-4-5-13/h2-3,6-9,13H,4-5,10-11H2,1H3,(H,20,23). The van der Waals surface area contributed by atoms with Crippen molar-refractivity contribution in [1.29, 1.82) is 0 Å². The van der Waals surface area contributed by atoms with Gasteiger partial charge in [-0.25, -0.2) is 0 Å². The summed E-state index contributed by atoms with van der Waals surface area (Å²) in [5.41, 5.74) is 1.23. The van der Waals surface area contributed by atoms with Gasteiger partial charge in [-0.2, -0.15) is 4.98 Å². The predicted molar refractivity (Wildman–Crippen MR) is 96.9 cm³/mol. The molecule has 4 rings (SSSR count). The lowest BCUT2D eigenvalue weighted by atomic mass is 10.2. The predicted octanol–water partition coefficient (Wildman–Crippen LogP) is 4.07. The fraction of sp³-hybridized carbons (Fsp3) is 0.316. The first-order valence-corrected chi connectivity index (χ1v) is 9.55. The highest BCUT2D eigenvalue weighted by Crippen LogP contribution is 2.38. The third-order valence-electron chi connectivity index (χ3n) is 4.11. The monoisotopic (exact) mass is 369 g/mol. The van der Waals surface area contributed by atoms with Crippen LogP contribution in [-0.4, -0.2) is 16.0 Å². The van der Waals surface area contributed by atoms with Crippen molar-refractivity contribution in [1.82, 2.24) is 15.5 Å². The maximum absolute atomic E-state index is 12.2. The van der Waals surface area contributed by atoms with Crippen LogP contribution in [0.25, 0.3) is 0 Å². The van der Waals surface area contributed by atoms with Crippen LogP contribution in [0.2, 0.25) is 0 Å². The zero-order valence-corrected chi connectivity index (χ0v) is 15.2. The van der Waals surface area contributed by atoms with Gasteiger partial charge in [-0.1, -0.05) is 22.9 Å². The van der Waals surface area contributed by atoms with Crippen molar-refractivity contribution in [3.8, 4) is 0 Å². The number of furan rings is 1. The molecule has 1 aromatic carbocycles. The summed E-state index contributed by atoms with van der Waals surface area (Å²) in [6, 6.07) is 11.8. The summed E-state index contributed by atoms with van der Waals surface area (Å²) in [7, 11) is 0. The highest BCUT2D eigenvalue weighted by molar-refractivity contribution is 7.98. The zero-order chi connectivity index (χ0) is 17.9. The van der Waals surface area contributed by atoms with E-state index in [0.717, 1.165) is 24.4 Å². The fourth-order valence-electron chi connectivity index (χ4n) is 2.46. The summed E-state index contributed by atoms with van der Waals surface area (Å²) >= 11 is 1.67. The molecule has 0 bridgehead atoms. The van der Waals surface area contributed by atoms with Crippen LogP contribution in [0.1, 0.15) is 52.4 Å². The molecule has 3 aromatic rings. The SMILES string of the molecule is Cc1ccc(SCc2ccc(C(=O)NCc3nc(C4CC4)no3)o2)cc1. The van der Waals surface area contributed by atoms with Crippen molar-refractivity contribution in [2.24, 2.45) is 0 Å². The first-order chi connectivity index (χ1) is 12.7. The van der Waals surface area contributed by atoms with Gasteiger partial charge in [0.2, 0.25) is 5.89 Å². The maximum Gasteiger partial charge on any atom is 0.287 e. The summed E-state index contributed by atoms with van der Waals surface area (Å²) in [5.74, 6) is 3.01. The number of hydrogen-bond donors (Lipinski definition) is 1. The first-order valence-electron chi connectivity index (χ1n) is 8.56. The number of nitrogens with zero attached hydrogens (tertiary/aromatic N) is 2. The molecule has 1 aliphatic carbocycles. The molecular weight excluding hydrogens is 350 g/mol. The average molecular weight is 369 g/mol. The lowest BCUT2D eigenvalue weighted by Crippen LogP contribution is -2.22. The van der Waals surface area contributed by atoms with Gasteiger partial charge in [0.15, 0.2) is 11.6 Å². The Bertz CT molecular complexity index is 897. The van der Waals surface area contributed by atoms with Crippen molar-refractivity contribution in [2.75, 3.05) is 0 Å². The molecule has 6 nitrogen and oxygen atoms in total. The van der Waals surface area contributed by atoms with E-state index in [1.165, 1.54) is 10.5 Å². The van der Waals surface area contributed by atoms with Gasteiger partial charge in [-0.3, -0.25) is 4.79 Å². The molecular formula is C19H19N3O3S. The summed E-state index contributed by atoms with van der Waals surface area (Å²) in [6.07, 6.45) is 2.22. The van der Waals surface area contributed by atoms with E-state index >= 15 is 0 Å². The second kappa shape index (κ2) is 7.37. The van der Waals surface area contributed by atoms with Gasteiger partial charge in [0.1, 0.15) is 5.76 Å². The number of benzene rings is 1. The minimum atomic E-state index is -0.289. The van der Waals surface area contributed by atoms with E-state index in [-0.39, 0.29) is 18.2 Å². The van der Waals surface area contributed by atoms with Gasteiger partial charge >= 0.3 is 0 Å². The van der Waals surface area contributed by atoms with E-state index in [1.54, 1.807) is 17.8 Å². The first kappa shape index (κ1) is 16.9. The van der Waals surface area contributed by atoms with Crippen LogP contribution in [0.5, 0.6) is 0 Å². The Morgan fingerprint density at radius 2 is 2.04 bits per heavy atom. The van der Waals surface area contributed by atoms with Crippen LogP contribution in [0.4, 0.5) is 0 Å². The molecule has 1 amide bonds. The number of carbonyl (C=O) groups excluding carboxylic acids is 1. The Morgan fingerprint density at radius 1 is 1.23 bits per heavy atom. The second-order valence-corrected chi connectivity index (χ2v) is 7.42. The summed E-state index contributed by atoms with van der Waals surface area (Å²) in [4.78, 5) is 17.6. The summed E-state index contributed by atoms with van der Waals surface area (Å²) < 4.78 is 10.8. The maximum atomic E-state index is 12.2. The van der Waals surface area contributed by atoms with Crippen molar-refractivity contribution in [2.45, 2.75) is 42.9 Å². The molecule has 7 heteroatoms. The Morgan fingerprint density at radius 3 is 2.81 bits per heavy atom. The number of carbonyl (C=O) groups is 1. The highest BCUT2D eigenvalue weighted by Gasteiger charge is 2.28. The van der Waals surface area contributed by atoms with Crippen LogP contribution < -0.4 is 5.32 Å². The number of nitrogens with one attached hydrogen (secondary N) is 1. The third kappa shape index (κ3) is 4.16. The van der Waals surface area contributed by atoms with Crippen molar-refractivity contribution in [3.05, 3.63) is 65.2 Å². The van der Waals surface area contributed by atoms with Gasteiger partial charge in [-0.05, 0) is 44.0 Å². The van der Waals surface area contributed by atoms with E-state index in [0.29, 0.717) is 17.6 Å². The number of hydrogen-bond acceptors (Lipinski definition) is 6. The topological polar surface area (TPSA) is 81.2 Å². The third-order valence-corrected chi connectivity index (χ3v) is 5.15. The van der Waals surface area contributed by atoms with Crippen LogP contribution >= 0.6 is 11.8 Å². The fourth-order valence-corrected chi connectivity index (χ4v) is 3.25. The quantitative estimate of drug-likeness (QED) is 0.632. The summed E-state index contributed by atoms with van der Waals surface area (Å²) in [5, 5.41) is 6.67. The number of amides is 1. The Kier molecular flexibility index (Phi) is 4.79. The molecule has 0 atom stereocenters. The van der Waals surface area contributed by atoms with Crippen molar-refractivity contribution < 1.29 is 13.7 Å². The highest BCUT2D eigenvalue weighted by atomic mass is 32.2. The zero-order valence-electron chi connectivity index (χ0n) is 14.4. The van der Waals surface area contributed by atoms with E-state index in [2.05, 4.69) is 46.6 Å². The van der Waals surface area contributed by atoms with Crippen LogP contribution in [0, 0.1) is 6.92 Å². The number of aromatic nitrogens is 2. The molecule has 1 N–H and O–H groups in total. The molecule has 1 saturated carbocycles. The minimum Gasteiger partial charge on any atom is -0.455 e. The van der Waals surface area contributed by atoms with E-state index in [4.69, 9.17) is 8.94 Å². The molecule has 134 valence electrons. The van der Waals surface area contributed by atoms with Crippen molar-refractivity contribution >= 4 is 17.7 Å². The molecule has 2 heterocycles. The van der Waals surface area contributed by atoms with Gasteiger partial charge in [-0.15, -0.1) is 11.8 Å². The lowest BCUT2D eigenvalue weighted by molar-refractivity contribution is 0.0917. The minimum absolute atomic E-state index is 0.201. The van der Waals surface area contributed by atoms with Crippen molar-refractivity contribution in [3.63, 3.8) is 0 Å². The smallest absolute Gasteiger partial charge is 0.287 e. The largest absolute Gasteiger partial charge is 0.455 e. The molecule has 0 spiro atoms. The van der Waals surface area contributed by atoms with E-state index in [9.17, 15) is 4.79 Å². The van der Waals surface area contributed by atoms with Crippen LogP contribution in [0.15, 0.2) is 50.2 Å². The van der Waals surface area contributed by atoms with Gasteiger partial charge in [0, 0.05) is 10.8 Å². The van der Waals surface area contributed by atoms with Gasteiger partial charge in [0.05, 0.1) is 12.3 Å². The van der Waals surface area contributed by atoms with Crippen LogP contribution in [-0.2, 0) is 12.3 Å². The number of thioether (sulfide) groups is 1. The molecule has 2 aromatic heterocycles. The second-order valence-electron chi connectivity index (χ2n) is 6.37. The Labute approximate surface area is 155 Å². The molecule has 0 unspecified atom stereocenters. The molecule has 0 saturated heterocycles. The van der Waals surface area contributed by atoms with E-state index < -0.39 is 0 Å². The Balaban J connectivity index is 1.28. The lowest BCUT2D eigenvalue weighted by Gasteiger charge is -2.01. The molecule has 0 radical (unpaired) electrons.